The van der Waals surface area contributed by atoms with Crippen molar-refractivity contribution in [2.45, 2.75) is 0 Å². The standard InChI is InChI=1S/C12H12N2O2.C9H7N/c1-2-9(11-13-4-6-15-11)8-10(3-1)12-14-5-7-16-12;1-2-6-9-8(4-1)5-3-7-10-9/h1-3,8H,4-7H2;1-7H. The largest absolute Gasteiger partial charge is 0.476 e. The average Bonchev–Trinajstić information content (AvgIpc) is 3.43. The van der Waals surface area contributed by atoms with Gasteiger partial charge in [0.2, 0.25) is 11.8 Å². The highest BCUT2D eigenvalue weighted by Gasteiger charge is 2.14. The normalized spacial score (nSPS) is 15.4. The molecule has 5 rings (SSSR count). The number of nitrogens with zero attached hydrogens (tertiary/aromatic N) is 3. The van der Waals surface area contributed by atoms with Crippen molar-refractivity contribution < 1.29 is 9.47 Å². The molecule has 26 heavy (non-hydrogen) atoms. The Bertz CT molecular complexity index is 861. The van der Waals surface area contributed by atoms with Crippen LogP contribution in [0.5, 0.6) is 0 Å². The van der Waals surface area contributed by atoms with Gasteiger partial charge in [0.25, 0.3) is 0 Å². The molecule has 5 nitrogen and oxygen atoms in total. The quantitative estimate of drug-likeness (QED) is 0.714. The molecule has 130 valence electrons. The second kappa shape index (κ2) is 7.78. The van der Waals surface area contributed by atoms with Crippen LogP contribution in [0.2, 0.25) is 0 Å². The van der Waals surface area contributed by atoms with E-state index in [2.05, 4.69) is 27.1 Å². The average molecular weight is 345 g/mol. The van der Waals surface area contributed by atoms with Crippen LogP contribution in [0.25, 0.3) is 10.9 Å². The molecule has 0 atom stereocenters. The molecule has 1 aromatic heterocycles. The minimum Gasteiger partial charge on any atom is -0.476 e. The summed E-state index contributed by atoms with van der Waals surface area (Å²) in [5, 5.41) is 1.20. The van der Waals surface area contributed by atoms with E-state index in [4.69, 9.17) is 9.47 Å². The molecule has 0 radical (unpaired) electrons. The van der Waals surface area contributed by atoms with E-state index in [0.29, 0.717) is 13.2 Å². The lowest BCUT2D eigenvalue weighted by Crippen LogP contribution is -2.05. The summed E-state index contributed by atoms with van der Waals surface area (Å²) in [7, 11) is 0. The SMILES string of the molecule is c1cc(C2=NCCO2)cc(C2=NCCO2)c1.c1ccc2ncccc2c1. The molecule has 0 aliphatic carbocycles. The number of aliphatic imine (C=N–C) groups is 2. The third-order valence-electron chi connectivity index (χ3n) is 4.04. The van der Waals surface area contributed by atoms with Crippen LogP contribution in [0.1, 0.15) is 11.1 Å². The number of aromatic nitrogens is 1. The van der Waals surface area contributed by atoms with Gasteiger partial charge in [0, 0.05) is 22.7 Å². The Hall–Kier alpha value is -3.21. The molecular weight excluding hydrogens is 326 g/mol. The lowest BCUT2D eigenvalue weighted by molar-refractivity contribution is 0.347. The number of hydrogen-bond acceptors (Lipinski definition) is 5. The van der Waals surface area contributed by atoms with Crippen LogP contribution in [-0.4, -0.2) is 43.1 Å². The van der Waals surface area contributed by atoms with Crippen LogP contribution in [-0.2, 0) is 9.47 Å². The number of fused-ring (bicyclic) bond motifs is 1. The smallest absolute Gasteiger partial charge is 0.216 e. The molecule has 0 amide bonds. The van der Waals surface area contributed by atoms with Crippen molar-refractivity contribution in [1.29, 1.82) is 0 Å². The number of pyridine rings is 1. The van der Waals surface area contributed by atoms with E-state index >= 15 is 0 Å². The molecule has 3 heterocycles. The van der Waals surface area contributed by atoms with Gasteiger partial charge in [0.05, 0.1) is 18.6 Å². The Balaban J connectivity index is 0.000000144. The van der Waals surface area contributed by atoms with Crippen LogP contribution in [0.15, 0.2) is 76.8 Å². The van der Waals surface area contributed by atoms with E-state index in [-0.39, 0.29) is 0 Å². The van der Waals surface area contributed by atoms with Gasteiger partial charge in [-0.1, -0.05) is 30.3 Å². The van der Waals surface area contributed by atoms with Crippen LogP contribution in [0, 0.1) is 0 Å². The van der Waals surface area contributed by atoms with Gasteiger partial charge in [-0.05, 0) is 30.3 Å². The molecule has 0 spiro atoms. The molecule has 2 aromatic carbocycles. The van der Waals surface area contributed by atoms with Crippen molar-refractivity contribution in [3.63, 3.8) is 0 Å². The molecule has 0 saturated carbocycles. The molecule has 5 heteroatoms. The maximum Gasteiger partial charge on any atom is 0.216 e. The monoisotopic (exact) mass is 345 g/mol. The zero-order valence-corrected chi connectivity index (χ0v) is 14.3. The molecule has 0 fully saturated rings. The Labute approximate surface area is 152 Å². The first kappa shape index (κ1) is 16.3. The van der Waals surface area contributed by atoms with Crippen LogP contribution in [0.3, 0.4) is 0 Å². The van der Waals surface area contributed by atoms with Crippen molar-refractivity contribution in [3.8, 4) is 0 Å². The molecule has 0 unspecified atom stereocenters. The fraction of sp³-hybridized carbons (Fsp3) is 0.190. The first-order valence-corrected chi connectivity index (χ1v) is 8.65. The van der Waals surface area contributed by atoms with E-state index in [0.717, 1.165) is 41.5 Å². The summed E-state index contributed by atoms with van der Waals surface area (Å²) in [6.07, 6.45) is 1.81. The Kier molecular flexibility index (Phi) is 4.87. The Morgan fingerprint density at radius 2 is 1.35 bits per heavy atom. The summed E-state index contributed by atoms with van der Waals surface area (Å²) in [6.45, 7) is 2.85. The van der Waals surface area contributed by atoms with Crippen LogP contribution in [0.4, 0.5) is 0 Å². The van der Waals surface area contributed by atoms with E-state index in [1.54, 1.807) is 0 Å². The first-order chi connectivity index (χ1) is 12.9. The topological polar surface area (TPSA) is 56.1 Å². The molecule has 2 aliphatic heterocycles. The minimum absolute atomic E-state index is 0.678. The molecular formula is C21H19N3O2. The fourth-order valence-corrected chi connectivity index (χ4v) is 2.82. The van der Waals surface area contributed by atoms with Gasteiger partial charge in [-0.15, -0.1) is 0 Å². The van der Waals surface area contributed by atoms with E-state index < -0.39 is 0 Å². The van der Waals surface area contributed by atoms with E-state index in [1.807, 2.05) is 54.7 Å². The van der Waals surface area contributed by atoms with E-state index in [9.17, 15) is 0 Å². The minimum atomic E-state index is 0.678. The maximum atomic E-state index is 5.43. The second-order valence-electron chi connectivity index (χ2n) is 5.85. The van der Waals surface area contributed by atoms with E-state index in [1.165, 1.54) is 5.39 Å². The number of rotatable bonds is 2. The molecule has 0 bridgehead atoms. The molecule has 3 aromatic rings. The zero-order chi connectivity index (χ0) is 17.6. The highest BCUT2D eigenvalue weighted by atomic mass is 16.5. The van der Waals surface area contributed by atoms with Gasteiger partial charge >= 0.3 is 0 Å². The maximum absolute atomic E-state index is 5.43. The van der Waals surface area contributed by atoms with Crippen molar-refractivity contribution in [2.24, 2.45) is 9.98 Å². The summed E-state index contributed by atoms with van der Waals surface area (Å²) in [5.74, 6) is 1.45. The lowest BCUT2D eigenvalue weighted by Gasteiger charge is -2.05. The van der Waals surface area contributed by atoms with Gasteiger partial charge in [-0.2, -0.15) is 0 Å². The Morgan fingerprint density at radius 3 is 1.96 bits per heavy atom. The van der Waals surface area contributed by atoms with Crippen molar-refractivity contribution in [2.75, 3.05) is 26.3 Å². The van der Waals surface area contributed by atoms with Crippen molar-refractivity contribution in [3.05, 3.63) is 78.0 Å². The summed E-state index contributed by atoms with van der Waals surface area (Å²) >= 11 is 0. The first-order valence-electron chi connectivity index (χ1n) is 8.65. The number of hydrogen-bond donors (Lipinski definition) is 0. The third-order valence-corrected chi connectivity index (χ3v) is 4.04. The van der Waals surface area contributed by atoms with Gasteiger partial charge in [-0.25, -0.2) is 9.98 Å². The third kappa shape index (κ3) is 3.72. The predicted octanol–water partition coefficient (Wildman–Crippen LogP) is 3.48. The predicted molar refractivity (Wildman–Crippen MR) is 103 cm³/mol. The Morgan fingerprint density at radius 1 is 0.692 bits per heavy atom. The van der Waals surface area contributed by atoms with Gasteiger partial charge in [0.1, 0.15) is 13.2 Å². The highest BCUT2D eigenvalue weighted by Crippen LogP contribution is 2.13. The molecule has 0 saturated heterocycles. The number of benzene rings is 2. The van der Waals surface area contributed by atoms with Crippen LogP contribution < -0.4 is 0 Å². The summed E-state index contributed by atoms with van der Waals surface area (Å²) in [4.78, 5) is 12.8. The fourth-order valence-electron chi connectivity index (χ4n) is 2.82. The number of para-hydroxylation sites is 1. The zero-order valence-electron chi connectivity index (χ0n) is 14.3. The number of ether oxygens (including phenoxy) is 2. The van der Waals surface area contributed by atoms with Crippen molar-refractivity contribution in [1.82, 2.24) is 4.98 Å². The highest BCUT2D eigenvalue weighted by molar-refractivity contribution is 6.00. The summed E-state index contributed by atoms with van der Waals surface area (Å²) in [6, 6.07) is 20.0. The molecule has 0 N–H and O–H groups in total. The van der Waals surface area contributed by atoms with Gasteiger partial charge in [0.15, 0.2) is 0 Å². The van der Waals surface area contributed by atoms with Crippen molar-refractivity contribution >= 4 is 22.7 Å². The summed E-state index contributed by atoms with van der Waals surface area (Å²) in [5.41, 5.74) is 3.05. The van der Waals surface area contributed by atoms with Gasteiger partial charge < -0.3 is 9.47 Å². The second-order valence-corrected chi connectivity index (χ2v) is 5.85. The molecule has 2 aliphatic rings. The lowest BCUT2D eigenvalue weighted by atomic mass is 10.1. The summed E-state index contributed by atoms with van der Waals surface area (Å²) < 4.78 is 10.9. The van der Waals surface area contributed by atoms with Gasteiger partial charge in [-0.3, -0.25) is 4.98 Å². The van der Waals surface area contributed by atoms with Crippen LogP contribution >= 0.6 is 0 Å².